The van der Waals surface area contributed by atoms with E-state index in [-0.39, 0.29) is 0 Å². The monoisotopic (exact) mass is 342 g/mol. The summed E-state index contributed by atoms with van der Waals surface area (Å²) in [6, 6.07) is 0. The van der Waals surface area contributed by atoms with Crippen LogP contribution in [0, 0.1) is 0 Å². The molecule has 0 saturated carbocycles. The van der Waals surface area contributed by atoms with Gasteiger partial charge in [-0.3, -0.25) is 0 Å². The Kier molecular flexibility index (Phi) is 5.92. The molecule has 0 aliphatic carbocycles. The summed E-state index contributed by atoms with van der Waals surface area (Å²) in [7, 11) is 0. The van der Waals surface area contributed by atoms with E-state index in [1.54, 1.807) is 0 Å². The number of ether oxygens (including phenoxy) is 3. The maximum Gasteiger partial charge on any atom is 0.224 e. The van der Waals surface area contributed by atoms with E-state index in [2.05, 4.69) is 0 Å². The predicted octanol–water partition coefficient (Wildman–Crippen LogP) is -5.40. The van der Waals surface area contributed by atoms with Gasteiger partial charge in [-0.15, -0.1) is 0 Å². The molecule has 2 heterocycles. The molecule has 9 atom stereocenters. The largest absolute Gasteiger partial charge is 0.394 e. The maximum absolute atomic E-state index is 10.00. The van der Waals surface area contributed by atoms with Crippen LogP contribution in [0.4, 0.5) is 0 Å². The Labute approximate surface area is 130 Å². The van der Waals surface area contributed by atoms with Gasteiger partial charge in [0.15, 0.2) is 6.29 Å². The van der Waals surface area contributed by atoms with Gasteiger partial charge in [-0.1, -0.05) is 0 Å². The van der Waals surface area contributed by atoms with Gasteiger partial charge in [0.1, 0.15) is 49.3 Å². The molecular formula is C12H22O11. The number of aliphatic hydroxyl groups is 8. The second-order valence-electron chi connectivity index (χ2n) is 5.56. The highest BCUT2D eigenvalue weighted by atomic mass is 16.8. The highest BCUT2D eigenvalue weighted by Gasteiger charge is 2.58. The third-order valence-electron chi connectivity index (χ3n) is 4.07. The third kappa shape index (κ3) is 3.23. The molecule has 0 aromatic rings. The molecule has 11 nitrogen and oxygen atoms in total. The van der Waals surface area contributed by atoms with Gasteiger partial charge >= 0.3 is 0 Å². The van der Waals surface area contributed by atoms with E-state index in [1.807, 2.05) is 0 Å². The fourth-order valence-corrected chi connectivity index (χ4v) is 2.63. The Bertz CT molecular complexity index is 393. The van der Waals surface area contributed by atoms with E-state index in [4.69, 9.17) is 24.4 Å². The average molecular weight is 342 g/mol. The van der Waals surface area contributed by atoms with Crippen molar-refractivity contribution in [1.29, 1.82) is 0 Å². The molecule has 0 aromatic heterocycles. The smallest absolute Gasteiger partial charge is 0.224 e. The molecule has 0 aromatic carbocycles. The minimum Gasteiger partial charge on any atom is -0.394 e. The highest BCUT2D eigenvalue weighted by molar-refractivity contribution is 4.98. The molecule has 0 bridgehead atoms. The molecule has 0 amide bonds. The lowest BCUT2D eigenvalue weighted by Gasteiger charge is -2.43. The van der Waals surface area contributed by atoms with Gasteiger partial charge in [0, 0.05) is 0 Å². The van der Waals surface area contributed by atoms with E-state index in [0.29, 0.717) is 0 Å². The molecule has 11 heteroatoms. The van der Waals surface area contributed by atoms with Crippen LogP contribution in [0.2, 0.25) is 0 Å². The number of hydrogen-bond acceptors (Lipinski definition) is 11. The summed E-state index contributed by atoms with van der Waals surface area (Å²) in [6.07, 6.45) is -12.7. The summed E-state index contributed by atoms with van der Waals surface area (Å²) >= 11 is 0. The minimum atomic E-state index is -2.22. The second-order valence-corrected chi connectivity index (χ2v) is 5.56. The molecule has 0 radical (unpaired) electrons. The maximum atomic E-state index is 10.00. The van der Waals surface area contributed by atoms with Crippen molar-refractivity contribution in [3.05, 3.63) is 0 Å². The Morgan fingerprint density at radius 2 is 1.39 bits per heavy atom. The van der Waals surface area contributed by atoms with Gasteiger partial charge in [0.2, 0.25) is 5.79 Å². The van der Waals surface area contributed by atoms with Crippen LogP contribution in [0.1, 0.15) is 0 Å². The van der Waals surface area contributed by atoms with Gasteiger partial charge in [0.05, 0.1) is 13.2 Å². The first-order valence-electron chi connectivity index (χ1n) is 7.05. The van der Waals surface area contributed by atoms with Crippen LogP contribution >= 0.6 is 0 Å². The number of hydrogen-bond donors (Lipinski definition) is 8. The summed E-state index contributed by atoms with van der Waals surface area (Å²) in [5.41, 5.74) is 0. The normalized spacial score (nSPS) is 51.1. The molecule has 0 spiro atoms. The zero-order valence-corrected chi connectivity index (χ0v) is 12.0. The van der Waals surface area contributed by atoms with Crippen LogP contribution in [0.3, 0.4) is 0 Å². The Morgan fingerprint density at radius 1 is 0.783 bits per heavy atom. The Balaban J connectivity index is 2.18. The van der Waals surface area contributed by atoms with Crippen molar-refractivity contribution in [2.75, 3.05) is 19.8 Å². The van der Waals surface area contributed by atoms with Crippen molar-refractivity contribution in [1.82, 2.24) is 0 Å². The minimum absolute atomic E-state index is 0.669. The number of rotatable bonds is 5. The molecule has 2 fully saturated rings. The Morgan fingerprint density at radius 3 is 1.87 bits per heavy atom. The molecule has 0 unspecified atom stereocenters. The molecule has 2 rings (SSSR count). The van der Waals surface area contributed by atoms with E-state index in [1.165, 1.54) is 0 Å². The summed E-state index contributed by atoms with van der Waals surface area (Å²) in [4.78, 5) is 0. The summed E-state index contributed by atoms with van der Waals surface area (Å²) in [5.74, 6) is -2.22. The zero-order valence-electron chi connectivity index (χ0n) is 12.0. The van der Waals surface area contributed by atoms with Gasteiger partial charge in [0.25, 0.3) is 0 Å². The van der Waals surface area contributed by atoms with Crippen molar-refractivity contribution in [3.8, 4) is 0 Å². The Hall–Kier alpha value is -0.440. The summed E-state index contributed by atoms with van der Waals surface area (Å²) in [5, 5.41) is 76.7. The van der Waals surface area contributed by atoms with Gasteiger partial charge < -0.3 is 55.1 Å². The van der Waals surface area contributed by atoms with Crippen LogP contribution in [-0.4, -0.2) is 115 Å². The summed E-state index contributed by atoms with van der Waals surface area (Å²) < 4.78 is 15.4. The third-order valence-corrected chi connectivity index (χ3v) is 4.07. The van der Waals surface area contributed by atoms with Crippen LogP contribution in [0.5, 0.6) is 0 Å². The fraction of sp³-hybridized carbons (Fsp3) is 1.00. The van der Waals surface area contributed by atoms with Gasteiger partial charge in [-0.05, 0) is 0 Å². The van der Waals surface area contributed by atoms with Crippen molar-refractivity contribution in [2.45, 2.75) is 54.8 Å². The van der Waals surface area contributed by atoms with E-state index in [9.17, 15) is 30.6 Å². The molecule has 136 valence electrons. The van der Waals surface area contributed by atoms with Crippen LogP contribution in [0.25, 0.3) is 0 Å². The first-order chi connectivity index (χ1) is 10.8. The van der Waals surface area contributed by atoms with Crippen molar-refractivity contribution in [2.24, 2.45) is 0 Å². The van der Waals surface area contributed by atoms with Gasteiger partial charge in [-0.2, -0.15) is 0 Å². The summed E-state index contributed by atoms with van der Waals surface area (Å²) in [6.45, 7) is -2.32. The highest BCUT2D eigenvalue weighted by Crippen LogP contribution is 2.35. The topological polar surface area (TPSA) is 190 Å². The lowest BCUT2D eigenvalue weighted by Crippen LogP contribution is -2.62. The molecular weight excluding hydrogens is 320 g/mol. The van der Waals surface area contributed by atoms with Gasteiger partial charge in [-0.25, -0.2) is 0 Å². The van der Waals surface area contributed by atoms with Crippen molar-refractivity contribution < 1.29 is 55.1 Å². The van der Waals surface area contributed by atoms with Crippen LogP contribution in [0.15, 0.2) is 0 Å². The van der Waals surface area contributed by atoms with Crippen LogP contribution < -0.4 is 0 Å². The molecule has 2 saturated heterocycles. The average Bonchev–Trinajstić information content (AvgIpc) is 2.80. The number of aliphatic hydroxyl groups excluding tert-OH is 8. The SMILES string of the molecule is OC[C@@H]1O[C@@H](O[C@@]2(CO)O[C@H](CO)[C@@H](O)[C@@H]2O)[C@@H](O)[C@H](O)[C@@H]1O. The molecule has 2 aliphatic heterocycles. The van der Waals surface area contributed by atoms with Crippen LogP contribution in [-0.2, 0) is 14.2 Å². The quantitative estimate of drug-likeness (QED) is 0.238. The van der Waals surface area contributed by atoms with E-state index >= 15 is 0 Å². The predicted molar refractivity (Wildman–Crippen MR) is 68.6 cm³/mol. The first-order valence-corrected chi connectivity index (χ1v) is 7.05. The van der Waals surface area contributed by atoms with Crippen molar-refractivity contribution in [3.63, 3.8) is 0 Å². The lowest BCUT2D eigenvalue weighted by molar-refractivity contribution is -0.383. The van der Waals surface area contributed by atoms with Crippen molar-refractivity contribution >= 4 is 0 Å². The zero-order chi connectivity index (χ0) is 17.4. The second kappa shape index (κ2) is 7.21. The van der Waals surface area contributed by atoms with E-state index in [0.717, 1.165) is 0 Å². The lowest BCUT2D eigenvalue weighted by atomic mass is 9.99. The standard InChI is InChI=1S/C12H22O11/c13-1-4-6(16)8(18)9(19)11(21-4)23-12(3-15)10(20)7(17)5(2-14)22-12/h4-11,13-20H,1-3H2/t4-,5+,6+,7+,8+,9-,10-,11-,12+/m0/s1. The molecule has 8 N–H and O–H groups in total. The molecule has 23 heavy (non-hydrogen) atoms. The first kappa shape index (κ1) is 18.9. The van der Waals surface area contributed by atoms with E-state index < -0.39 is 74.6 Å². The molecule has 2 aliphatic rings. The fourth-order valence-electron chi connectivity index (χ4n) is 2.63.